The average molecular weight is 573 g/mol. The summed E-state index contributed by atoms with van der Waals surface area (Å²) in [6.07, 6.45) is 5.71. The van der Waals surface area contributed by atoms with Gasteiger partial charge in [0.2, 0.25) is 6.41 Å². The van der Waals surface area contributed by atoms with Gasteiger partial charge in [0.15, 0.2) is 0 Å². The van der Waals surface area contributed by atoms with E-state index in [0.29, 0.717) is 25.9 Å². The molecule has 0 spiro atoms. The number of rotatable bonds is 9. The van der Waals surface area contributed by atoms with E-state index in [9.17, 15) is 14.7 Å². The van der Waals surface area contributed by atoms with Crippen LogP contribution in [0.15, 0.2) is 28.7 Å². The smallest absolute Gasteiger partial charge is 0.410 e. The predicted molar refractivity (Wildman–Crippen MR) is 156 cm³/mol. The van der Waals surface area contributed by atoms with Crippen LogP contribution in [-0.4, -0.2) is 87.4 Å². The highest BCUT2D eigenvalue weighted by atomic mass is 32.2. The molecule has 39 heavy (non-hydrogen) atoms. The van der Waals surface area contributed by atoms with Crippen LogP contribution in [0, 0.1) is 20.8 Å². The molecule has 0 aromatic carbocycles. The molecule has 2 amide bonds. The predicted octanol–water partition coefficient (Wildman–Crippen LogP) is 4.22. The van der Waals surface area contributed by atoms with Gasteiger partial charge >= 0.3 is 6.09 Å². The minimum absolute atomic E-state index is 0.0923. The maximum absolute atomic E-state index is 11.9. The van der Waals surface area contributed by atoms with Gasteiger partial charge < -0.3 is 25.0 Å². The molecule has 2 saturated heterocycles. The van der Waals surface area contributed by atoms with Crippen LogP contribution in [0.5, 0.6) is 0 Å². The molecule has 3 aliphatic rings. The van der Waals surface area contributed by atoms with Crippen molar-refractivity contribution >= 4 is 53.8 Å². The number of fused-ring (bicyclic) bond motifs is 2. The van der Waals surface area contributed by atoms with E-state index >= 15 is 0 Å². The summed E-state index contributed by atoms with van der Waals surface area (Å²) in [6, 6.07) is 4.29. The fourth-order valence-corrected chi connectivity index (χ4v) is 6.21. The first-order valence-electron chi connectivity index (χ1n) is 13.0. The SMILES string of the molecule is C=N/C(=C\SCNc1ccc(C)cn1)c1sc(C)nc1C.O=CN1[C@@H]2CC[C@H]1CN(C(=O)OCC1(O)CC1)C2. The van der Waals surface area contributed by atoms with Crippen LogP contribution in [0.3, 0.4) is 0 Å². The normalized spacial score (nSPS) is 21.1. The number of carbonyl (C=O) groups is 2. The van der Waals surface area contributed by atoms with Crippen molar-refractivity contribution in [2.45, 2.75) is 64.1 Å². The number of ether oxygens (including phenoxy) is 1. The number of nitrogens with one attached hydrogen (secondary N) is 1. The van der Waals surface area contributed by atoms with Crippen molar-refractivity contribution in [3.8, 4) is 0 Å². The lowest BCUT2D eigenvalue weighted by atomic mass is 10.2. The standard InChI is InChI=1S/C15H18N4S2.C12H18N2O4/c1-10-5-6-14(17-7-10)18-9-20-8-13(16-4)15-11(2)19-12(3)21-15;15-8-14-9-1-2-10(14)6-13(5-9)11(16)18-7-12(17)3-4-12/h5-8H,4,9H2,1-3H3,(H,17,18);8-10,17H,1-7H2/b13-8-;/t;9-,10+. The van der Waals surface area contributed by atoms with E-state index in [1.54, 1.807) is 28.0 Å². The van der Waals surface area contributed by atoms with Crippen molar-refractivity contribution in [3.63, 3.8) is 0 Å². The van der Waals surface area contributed by atoms with Crippen molar-refractivity contribution in [3.05, 3.63) is 44.9 Å². The zero-order valence-corrected chi connectivity index (χ0v) is 24.3. The highest BCUT2D eigenvalue weighted by Gasteiger charge is 2.44. The van der Waals surface area contributed by atoms with E-state index in [4.69, 9.17) is 4.74 Å². The maximum Gasteiger partial charge on any atom is 0.410 e. The molecule has 2 aromatic rings. The summed E-state index contributed by atoms with van der Waals surface area (Å²) < 4.78 is 5.13. The van der Waals surface area contributed by atoms with E-state index in [1.807, 2.05) is 49.4 Å². The zero-order chi connectivity index (χ0) is 28.0. The lowest BCUT2D eigenvalue weighted by Crippen LogP contribution is -2.55. The maximum atomic E-state index is 11.9. The van der Waals surface area contributed by atoms with Gasteiger partial charge in [-0.1, -0.05) is 6.07 Å². The minimum Gasteiger partial charge on any atom is -0.446 e. The van der Waals surface area contributed by atoms with E-state index in [2.05, 4.69) is 27.0 Å². The lowest BCUT2D eigenvalue weighted by molar-refractivity contribution is -0.123. The zero-order valence-electron chi connectivity index (χ0n) is 22.6. The second-order valence-electron chi connectivity index (χ2n) is 10.1. The van der Waals surface area contributed by atoms with E-state index in [0.717, 1.165) is 57.8 Å². The van der Waals surface area contributed by atoms with Crippen LogP contribution < -0.4 is 5.32 Å². The number of nitrogens with zero attached hydrogens (tertiary/aromatic N) is 5. The molecule has 210 valence electrons. The Bertz CT molecular complexity index is 1180. The number of aromatic nitrogens is 2. The molecule has 0 radical (unpaired) electrons. The summed E-state index contributed by atoms with van der Waals surface area (Å²) in [6.45, 7) is 10.9. The summed E-state index contributed by atoms with van der Waals surface area (Å²) >= 11 is 3.27. The topological polar surface area (TPSA) is 120 Å². The molecule has 1 saturated carbocycles. The van der Waals surface area contributed by atoms with E-state index < -0.39 is 5.60 Å². The van der Waals surface area contributed by atoms with Crippen molar-refractivity contribution in [2.75, 3.05) is 30.9 Å². The quantitative estimate of drug-likeness (QED) is 0.198. The highest BCUT2D eigenvalue weighted by molar-refractivity contribution is 8.02. The molecule has 10 nitrogen and oxygen atoms in total. The molecule has 4 heterocycles. The van der Waals surface area contributed by atoms with Gasteiger partial charge in [0, 0.05) is 31.4 Å². The van der Waals surface area contributed by atoms with Gasteiger partial charge in [-0.25, -0.2) is 14.8 Å². The summed E-state index contributed by atoms with van der Waals surface area (Å²) in [5, 5.41) is 15.9. The van der Waals surface area contributed by atoms with Crippen LogP contribution in [-0.2, 0) is 9.53 Å². The number of aliphatic hydroxyl groups is 1. The number of likely N-dealkylation sites (tertiary alicyclic amines) is 1. The average Bonchev–Trinajstić information content (AvgIpc) is 3.49. The van der Waals surface area contributed by atoms with Crippen molar-refractivity contribution in [1.29, 1.82) is 0 Å². The molecule has 2 aromatic heterocycles. The molecular formula is C27H36N6O4S2. The Morgan fingerprint density at radius 3 is 2.56 bits per heavy atom. The van der Waals surface area contributed by atoms with Crippen LogP contribution in [0.25, 0.3) is 5.70 Å². The number of pyridine rings is 1. The summed E-state index contributed by atoms with van der Waals surface area (Å²) in [7, 11) is 0. The number of aryl methyl sites for hydroxylation is 3. The lowest BCUT2D eigenvalue weighted by Gasteiger charge is -2.38. The van der Waals surface area contributed by atoms with Gasteiger partial charge in [-0.15, -0.1) is 23.1 Å². The second kappa shape index (κ2) is 12.9. The highest BCUT2D eigenvalue weighted by Crippen LogP contribution is 2.35. The summed E-state index contributed by atoms with van der Waals surface area (Å²) in [5.41, 5.74) is 2.27. The van der Waals surface area contributed by atoms with Crippen molar-refractivity contribution in [2.24, 2.45) is 4.99 Å². The Morgan fingerprint density at radius 2 is 2.03 bits per heavy atom. The minimum atomic E-state index is -0.765. The van der Waals surface area contributed by atoms with Crippen LogP contribution in [0.4, 0.5) is 10.6 Å². The van der Waals surface area contributed by atoms with Crippen LogP contribution >= 0.6 is 23.1 Å². The third-order valence-corrected chi connectivity index (χ3v) is 8.76. The van der Waals surface area contributed by atoms with Gasteiger partial charge in [0.25, 0.3) is 0 Å². The van der Waals surface area contributed by atoms with Crippen molar-refractivity contribution < 1.29 is 19.4 Å². The summed E-state index contributed by atoms with van der Waals surface area (Å²) in [5.74, 6) is 1.60. The number of aliphatic imine (C=N–C) groups is 1. The first-order valence-corrected chi connectivity index (χ1v) is 14.8. The van der Waals surface area contributed by atoms with Gasteiger partial charge in [-0.2, -0.15) is 0 Å². The number of hydrogen-bond donors (Lipinski definition) is 2. The number of anilines is 1. The van der Waals surface area contributed by atoms with Gasteiger partial charge in [-0.3, -0.25) is 9.79 Å². The Labute approximate surface area is 237 Å². The van der Waals surface area contributed by atoms with Crippen molar-refractivity contribution in [1.82, 2.24) is 19.8 Å². The number of thioether (sulfide) groups is 1. The first-order chi connectivity index (χ1) is 18.7. The molecule has 2 atom stereocenters. The molecule has 0 unspecified atom stereocenters. The molecule has 2 aliphatic heterocycles. The molecule has 2 bridgehead atoms. The van der Waals surface area contributed by atoms with Crippen LogP contribution in [0.1, 0.15) is 46.8 Å². The van der Waals surface area contributed by atoms with Crippen LogP contribution in [0.2, 0.25) is 0 Å². The molecular weight excluding hydrogens is 536 g/mol. The fraction of sp³-hybridized carbons (Fsp3) is 0.519. The molecule has 12 heteroatoms. The Hall–Kier alpha value is -2.96. The molecule has 3 fully saturated rings. The fourth-order valence-electron chi connectivity index (χ4n) is 4.57. The van der Waals surface area contributed by atoms with Gasteiger partial charge in [0.05, 0.1) is 32.8 Å². The Balaban J connectivity index is 0.000000183. The number of thiazole rings is 1. The molecule has 5 rings (SSSR count). The molecule has 1 aliphatic carbocycles. The van der Waals surface area contributed by atoms with Gasteiger partial charge in [-0.05, 0) is 70.2 Å². The Morgan fingerprint density at radius 1 is 1.31 bits per heavy atom. The van der Waals surface area contributed by atoms with Gasteiger partial charge in [0.1, 0.15) is 12.4 Å². The number of piperazine rings is 1. The largest absolute Gasteiger partial charge is 0.446 e. The number of carbonyl (C=O) groups excluding carboxylic acids is 2. The van der Waals surface area contributed by atoms with E-state index in [-0.39, 0.29) is 24.8 Å². The monoisotopic (exact) mass is 572 g/mol. The molecule has 2 N–H and O–H groups in total. The Kier molecular flexibility index (Phi) is 9.62. The third kappa shape index (κ3) is 7.80. The number of hydrogen-bond acceptors (Lipinski definition) is 10. The second-order valence-corrected chi connectivity index (χ2v) is 12.2. The first kappa shape index (κ1) is 29.0. The third-order valence-electron chi connectivity index (χ3n) is 6.96. The van der Waals surface area contributed by atoms with E-state index in [1.165, 1.54) is 0 Å². The number of amides is 2. The summed E-state index contributed by atoms with van der Waals surface area (Å²) in [4.78, 5) is 40.2.